The Balaban J connectivity index is 1.45. The first-order valence-corrected chi connectivity index (χ1v) is 13.1. The van der Waals surface area contributed by atoms with Crippen LogP contribution in [0.25, 0.3) is 0 Å². The number of amides is 2. The molecule has 1 aromatic heterocycles. The molecule has 0 aliphatic carbocycles. The SMILES string of the molecule is CC(C)(C)OC(=O)C[C@@H](c1cccc(C(F)(F)F)c1)N1CCN(CCCc2ccc3c(n2)NCCC3)C1=O. The maximum Gasteiger partial charge on any atom is 0.416 e. The van der Waals surface area contributed by atoms with E-state index in [2.05, 4.69) is 11.4 Å². The van der Waals surface area contributed by atoms with Gasteiger partial charge < -0.3 is 19.9 Å². The quantitative estimate of drug-likeness (QED) is 0.448. The van der Waals surface area contributed by atoms with Crippen LogP contribution in [0.3, 0.4) is 0 Å². The Hall–Kier alpha value is -3.30. The fraction of sp³-hybridized carbons (Fsp3) is 0.536. The monoisotopic (exact) mass is 532 g/mol. The number of carbonyl (C=O) groups is 2. The molecule has 0 saturated carbocycles. The van der Waals surface area contributed by atoms with Crippen molar-refractivity contribution in [3.63, 3.8) is 0 Å². The number of carbonyl (C=O) groups excluding carboxylic acids is 2. The van der Waals surface area contributed by atoms with Crippen LogP contribution in [0.2, 0.25) is 0 Å². The molecule has 1 atom stereocenters. The van der Waals surface area contributed by atoms with Crippen molar-refractivity contribution in [3.8, 4) is 0 Å². The molecule has 7 nitrogen and oxygen atoms in total. The standard InChI is InChI=1S/C28H35F3N4O3/c1-27(2,3)38-24(36)18-23(20-7-4-9-21(17-20)28(29,30)31)35-16-15-34(26(35)37)14-6-10-22-12-11-19-8-5-13-32-25(19)33-22/h4,7,9,11-12,17,23H,5-6,8,10,13-16,18H2,1-3H3,(H,32,33)/t23-/m0/s1. The van der Waals surface area contributed by atoms with E-state index in [1.165, 1.54) is 22.6 Å². The van der Waals surface area contributed by atoms with Crippen LogP contribution in [0.4, 0.5) is 23.8 Å². The third-order valence-electron chi connectivity index (χ3n) is 6.69. The predicted octanol–water partition coefficient (Wildman–Crippen LogP) is 5.60. The van der Waals surface area contributed by atoms with Gasteiger partial charge in [0.1, 0.15) is 11.4 Å². The maximum absolute atomic E-state index is 13.4. The minimum Gasteiger partial charge on any atom is -0.460 e. The lowest BCUT2D eigenvalue weighted by Crippen LogP contribution is -2.37. The Kier molecular flexibility index (Phi) is 8.18. The van der Waals surface area contributed by atoms with Crippen molar-refractivity contribution in [1.29, 1.82) is 0 Å². The first kappa shape index (κ1) is 27.7. The second-order valence-electron chi connectivity index (χ2n) is 10.8. The smallest absolute Gasteiger partial charge is 0.416 e. The summed E-state index contributed by atoms with van der Waals surface area (Å²) < 4.78 is 45.7. The van der Waals surface area contributed by atoms with Crippen molar-refractivity contribution < 1.29 is 27.5 Å². The van der Waals surface area contributed by atoms with Crippen LogP contribution < -0.4 is 5.32 Å². The number of nitrogens with one attached hydrogen (secondary N) is 1. The number of fused-ring (bicyclic) bond motifs is 1. The molecule has 1 N–H and O–H groups in total. The second-order valence-corrected chi connectivity index (χ2v) is 10.8. The number of urea groups is 1. The molecule has 2 aliphatic heterocycles. The van der Waals surface area contributed by atoms with Gasteiger partial charge in [0.2, 0.25) is 0 Å². The molecule has 206 valence electrons. The first-order chi connectivity index (χ1) is 17.9. The Labute approximate surface area is 221 Å². The van der Waals surface area contributed by atoms with E-state index < -0.39 is 29.4 Å². The zero-order valence-electron chi connectivity index (χ0n) is 22.1. The van der Waals surface area contributed by atoms with E-state index in [1.807, 2.05) is 6.07 Å². The number of anilines is 1. The minimum absolute atomic E-state index is 0.232. The molecule has 0 spiro atoms. The fourth-order valence-electron chi connectivity index (χ4n) is 4.93. The zero-order chi connectivity index (χ0) is 27.5. The van der Waals surface area contributed by atoms with E-state index in [4.69, 9.17) is 9.72 Å². The van der Waals surface area contributed by atoms with Crippen LogP contribution in [0.5, 0.6) is 0 Å². The summed E-state index contributed by atoms with van der Waals surface area (Å²) in [5.41, 5.74) is 0.854. The van der Waals surface area contributed by atoms with Gasteiger partial charge in [0.25, 0.3) is 0 Å². The van der Waals surface area contributed by atoms with E-state index >= 15 is 0 Å². The number of rotatable bonds is 8. The van der Waals surface area contributed by atoms with Crippen LogP contribution in [-0.2, 0) is 28.5 Å². The lowest BCUT2D eigenvalue weighted by atomic mass is 9.99. The van der Waals surface area contributed by atoms with Crippen LogP contribution >= 0.6 is 0 Å². The van der Waals surface area contributed by atoms with Crippen LogP contribution in [0.15, 0.2) is 36.4 Å². The van der Waals surface area contributed by atoms with Gasteiger partial charge in [-0.05, 0) is 75.8 Å². The molecule has 38 heavy (non-hydrogen) atoms. The van der Waals surface area contributed by atoms with Crippen molar-refractivity contribution in [3.05, 3.63) is 58.8 Å². The van der Waals surface area contributed by atoms with Crippen molar-refractivity contribution in [2.75, 3.05) is 31.5 Å². The highest BCUT2D eigenvalue weighted by Crippen LogP contribution is 2.35. The average Bonchev–Trinajstić information content (AvgIpc) is 3.21. The van der Waals surface area contributed by atoms with Crippen molar-refractivity contribution in [2.45, 2.75) is 70.7 Å². The van der Waals surface area contributed by atoms with Crippen LogP contribution in [0, 0.1) is 0 Å². The molecule has 4 rings (SSSR count). The number of esters is 1. The Morgan fingerprint density at radius 2 is 1.95 bits per heavy atom. The molecule has 2 aliphatic rings. The highest BCUT2D eigenvalue weighted by atomic mass is 19.4. The van der Waals surface area contributed by atoms with E-state index in [0.29, 0.717) is 32.5 Å². The van der Waals surface area contributed by atoms with Crippen LogP contribution in [0.1, 0.15) is 68.5 Å². The van der Waals surface area contributed by atoms with Gasteiger partial charge in [0, 0.05) is 31.9 Å². The van der Waals surface area contributed by atoms with Gasteiger partial charge >= 0.3 is 18.2 Å². The van der Waals surface area contributed by atoms with Crippen molar-refractivity contribution in [2.24, 2.45) is 0 Å². The van der Waals surface area contributed by atoms with E-state index in [0.717, 1.165) is 43.0 Å². The summed E-state index contributed by atoms with van der Waals surface area (Å²) >= 11 is 0. The third kappa shape index (κ3) is 6.96. The summed E-state index contributed by atoms with van der Waals surface area (Å²) in [6.45, 7) is 7.31. The highest BCUT2D eigenvalue weighted by Gasteiger charge is 2.38. The number of pyridine rings is 1. The molecule has 2 aromatic rings. The number of alkyl halides is 3. The molecular weight excluding hydrogens is 497 g/mol. The molecule has 3 heterocycles. The Morgan fingerprint density at radius 1 is 1.16 bits per heavy atom. The van der Waals surface area contributed by atoms with Gasteiger partial charge in [0.05, 0.1) is 18.0 Å². The fourth-order valence-corrected chi connectivity index (χ4v) is 4.93. The molecule has 0 radical (unpaired) electrons. The average molecular weight is 533 g/mol. The number of aromatic nitrogens is 1. The number of hydrogen-bond acceptors (Lipinski definition) is 5. The normalized spacial score (nSPS) is 16.7. The Bertz CT molecular complexity index is 1160. The van der Waals surface area contributed by atoms with Gasteiger partial charge in [-0.15, -0.1) is 0 Å². The Morgan fingerprint density at radius 3 is 2.68 bits per heavy atom. The van der Waals surface area contributed by atoms with E-state index in [-0.39, 0.29) is 18.0 Å². The molecule has 0 bridgehead atoms. The number of benzene rings is 1. The lowest BCUT2D eigenvalue weighted by Gasteiger charge is -2.29. The summed E-state index contributed by atoms with van der Waals surface area (Å²) in [4.78, 5) is 33.9. The summed E-state index contributed by atoms with van der Waals surface area (Å²) in [6, 6.07) is 7.79. The molecule has 10 heteroatoms. The summed E-state index contributed by atoms with van der Waals surface area (Å²) in [6.07, 6.45) is -1.25. The number of aryl methyl sites for hydroxylation is 2. The van der Waals surface area contributed by atoms with Gasteiger partial charge in [-0.2, -0.15) is 13.2 Å². The van der Waals surface area contributed by atoms with E-state index in [1.54, 1.807) is 25.7 Å². The largest absolute Gasteiger partial charge is 0.460 e. The van der Waals surface area contributed by atoms with Gasteiger partial charge in [-0.3, -0.25) is 4.79 Å². The highest BCUT2D eigenvalue weighted by molar-refractivity contribution is 5.79. The predicted molar refractivity (Wildman–Crippen MR) is 138 cm³/mol. The number of ether oxygens (including phenoxy) is 1. The van der Waals surface area contributed by atoms with Crippen LogP contribution in [-0.4, -0.2) is 58.6 Å². The second kappa shape index (κ2) is 11.2. The molecule has 1 fully saturated rings. The minimum atomic E-state index is -4.53. The zero-order valence-corrected chi connectivity index (χ0v) is 22.1. The topological polar surface area (TPSA) is 74.8 Å². The van der Waals surface area contributed by atoms with Gasteiger partial charge in [-0.1, -0.05) is 18.2 Å². The number of nitrogens with zero attached hydrogens (tertiary/aromatic N) is 3. The van der Waals surface area contributed by atoms with E-state index in [9.17, 15) is 22.8 Å². The van der Waals surface area contributed by atoms with Gasteiger partial charge in [0.15, 0.2) is 0 Å². The van der Waals surface area contributed by atoms with Crippen molar-refractivity contribution in [1.82, 2.24) is 14.8 Å². The number of halogens is 3. The van der Waals surface area contributed by atoms with Gasteiger partial charge in [-0.25, -0.2) is 9.78 Å². The number of hydrogen-bond donors (Lipinski definition) is 1. The molecule has 1 saturated heterocycles. The molecular formula is C28H35F3N4O3. The first-order valence-electron chi connectivity index (χ1n) is 13.1. The maximum atomic E-state index is 13.4. The molecule has 1 aromatic carbocycles. The molecule has 2 amide bonds. The molecule has 0 unspecified atom stereocenters. The van der Waals surface area contributed by atoms with Crippen molar-refractivity contribution >= 4 is 17.8 Å². The lowest BCUT2D eigenvalue weighted by molar-refractivity contribution is -0.156. The summed E-state index contributed by atoms with van der Waals surface area (Å²) in [7, 11) is 0. The third-order valence-corrected chi connectivity index (χ3v) is 6.69. The summed E-state index contributed by atoms with van der Waals surface area (Å²) in [5.74, 6) is 0.363. The summed E-state index contributed by atoms with van der Waals surface area (Å²) in [5, 5.41) is 3.33.